The Morgan fingerprint density at radius 2 is 1.96 bits per heavy atom. The predicted octanol–water partition coefficient (Wildman–Crippen LogP) is 4.39. The number of rotatable bonds is 7. The fourth-order valence-electron chi connectivity index (χ4n) is 3.11. The quantitative estimate of drug-likeness (QED) is 0.518. The summed E-state index contributed by atoms with van der Waals surface area (Å²) in [5.74, 6) is -0.410. The van der Waals surface area contributed by atoms with Gasteiger partial charge in [0.15, 0.2) is 0 Å². The van der Waals surface area contributed by atoms with Gasteiger partial charge in [-0.15, -0.1) is 12.4 Å². The smallest absolute Gasteiger partial charge is 0.389 e. The maximum Gasteiger partial charge on any atom is 0.389 e. The Balaban J connectivity index is 0.00000576. The molecule has 1 aliphatic heterocycles. The van der Waals surface area contributed by atoms with Crippen LogP contribution in [0.25, 0.3) is 0 Å². The number of hydrogen-bond acceptors (Lipinski definition) is 4. The lowest BCUT2D eigenvalue weighted by Crippen LogP contribution is -2.38. The van der Waals surface area contributed by atoms with E-state index in [1.807, 2.05) is 6.92 Å². The Bertz CT molecular complexity index is 383. The molecule has 150 valence electrons. The summed E-state index contributed by atoms with van der Waals surface area (Å²) in [4.78, 5) is 11.9. The van der Waals surface area contributed by atoms with E-state index in [2.05, 4.69) is 6.92 Å². The van der Waals surface area contributed by atoms with Crippen LogP contribution in [0.5, 0.6) is 0 Å². The zero-order chi connectivity index (χ0) is 18.2. The van der Waals surface area contributed by atoms with Gasteiger partial charge in [-0.05, 0) is 39.0 Å². The van der Waals surface area contributed by atoms with E-state index in [0.29, 0.717) is 19.3 Å². The van der Waals surface area contributed by atoms with Gasteiger partial charge in [-0.1, -0.05) is 19.8 Å². The van der Waals surface area contributed by atoms with E-state index < -0.39 is 24.6 Å². The number of halogens is 4. The molecule has 4 nitrogen and oxygen atoms in total. The molecule has 1 fully saturated rings. The molecule has 0 aromatic heterocycles. The second-order valence-corrected chi connectivity index (χ2v) is 6.61. The summed E-state index contributed by atoms with van der Waals surface area (Å²) in [6.07, 6.45) is -0.900. The first-order valence-corrected chi connectivity index (χ1v) is 8.89. The van der Waals surface area contributed by atoms with E-state index in [9.17, 15) is 18.0 Å². The maximum absolute atomic E-state index is 12.3. The van der Waals surface area contributed by atoms with Crippen LogP contribution in [0.2, 0.25) is 0 Å². The lowest BCUT2D eigenvalue weighted by Gasteiger charge is -2.31. The summed E-state index contributed by atoms with van der Waals surface area (Å²) in [7, 11) is 0. The Labute approximate surface area is 154 Å². The van der Waals surface area contributed by atoms with E-state index in [1.165, 1.54) is 0 Å². The second kappa shape index (κ2) is 12.0. The molecule has 0 saturated carbocycles. The normalized spacial score (nSPS) is 28.3. The monoisotopic (exact) mass is 389 g/mol. The van der Waals surface area contributed by atoms with E-state index in [-0.39, 0.29) is 43.6 Å². The van der Waals surface area contributed by atoms with Gasteiger partial charge in [0.2, 0.25) is 0 Å². The van der Waals surface area contributed by atoms with Gasteiger partial charge in [0.1, 0.15) is 12.1 Å². The number of carbonyl (C=O) groups excluding carboxylic acids is 1. The number of esters is 1. The third-order valence-electron chi connectivity index (χ3n) is 4.52. The Hall–Kier alpha value is -0.530. The van der Waals surface area contributed by atoms with Crippen molar-refractivity contribution in [2.24, 2.45) is 11.7 Å². The van der Waals surface area contributed by atoms with Gasteiger partial charge in [0.05, 0.1) is 6.10 Å². The molecular weight excluding hydrogens is 359 g/mol. The SMILES string of the molecule is CCCC[C@H]1[C@H](C)OC(=O)[C@@H](N)CCC[C@@H]1OCCCC(F)(F)F.Cl. The van der Waals surface area contributed by atoms with Crippen molar-refractivity contribution < 1.29 is 27.4 Å². The number of nitrogens with two attached hydrogens (primary N) is 1. The zero-order valence-electron chi connectivity index (χ0n) is 15.0. The molecule has 2 N–H and O–H groups in total. The molecule has 0 amide bonds. The summed E-state index contributed by atoms with van der Waals surface area (Å²) < 4.78 is 48.0. The minimum absolute atomic E-state index is 0. The van der Waals surface area contributed by atoms with Crippen molar-refractivity contribution >= 4 is 18.4 Å². The molecule has 0 spiro atoms. The number of ether oxygens (including phenoxy) is 2. The van der Waals surface area contributed by atoms with Crippen LogP contribution in [-0.2, 0) is 14.3 Å². The highest BCUT2D eigenvalue weighted by Gasteiger charge is 2.33. The Morgan fingerprint density at radius 1 is 1.28 bits per heavy atom. The summed E-state index contributed by atoms with van der Waals surface area (Å²) >= 11 is 0. The van der Waals surface area contributed by atoms with Crippen molar-refractivity contribution in [2.75, 3.05) is 6.61 Å². The molecule has 1 saturated heterocycles. The van der Waals surface area contributed by atoms with Gasteiger partial charge in [-0.2, -0.15) is 13.2 Å². The van der Waals surface area contributed by atoms with E-state index in [0.717, 1.165) is 19.3 Å². The van der Waals surface area contributed by atoms with Crippen molar-refractivity contribution in [3.05, 3.63) is 0 Å². The third-order valence-corrected chi connectivity index (χ3v) is 4.52. The Morgan fingerprint density at radius 3 is 2.56 bits per heavy atom. The molecule has 1 aliphatic rings. The van der Waals surface area contributed by atoms with Gasteiger partial charge in [0.25, 0.3) is 0 Å². The fourth-order valence-corrected chi connectivity index (χ4v) is 3.11. The highest BCUT2D eigenvalue weighted by Crippen LogP contribution is 2.29. The third kappa shape index (κ3) is 9.66. The molecule has 1 heterocycles. The van der Waals surface area contributed by atoms with E-state index in [1.54, 1.807) is 0 Å². The van der Waals surface area contributed by atoms with E-state index >= 15 is 0 Å². The highest BCUT2D eigenvalue weighted by atomic mass is 35.5. The molecule has 0 aliphatic carbocycles. The molecule has 0 bridgehead atoms. The van der Waals surface area contributed by atoms with Crippen LogP contribution in [0.1, 0.15) is 65.2 Å². The van der Waals surface area contributed by atoms with Crippen molar-refractivity contribution in [3.8, 4) is 0 Å². The van der Waals surface area contributed by atoms with Crippen LogP contribution in [0.4, 0.5) is 13.2 Å². The van der Waals surface area contributed by atoms with Crippen LogP contribution in [0, 0.1) is 5.92 Å². The molecule has 1 rings (SSSR count). The lowest BCUT2D eigenvalue weighted by molar-refractivity contribution is -0.156. The number of cyclic esters (lactones) is 1. The minimum atomic E-state index is -4.15. The van der Waals surface area contributed by atoms with Gasteiger partial charge in [-0.3, -0.25) is 4.79 Å². The van der Waals surface area contributed by atoms with E-state index in [4.69, 9.17) is 15.2 Å². The number of carbonyl (C=O) groups is 1. The molecule has 0 unspecified atom stereocenters. The molecule has 0 aromatic carbocycles. The number of hydrogen-bond donors (Lipinski definition) is 1. The highest BCUT2D eigenvalue weighted by molar-refractivity contribution is 5.85. The lowest BCUT2D eigenvalue weighted by atomic mass is 9.88. The summed E-state index contributed by atoms with van der Waals surface area (Å²) in [6.45, 7) is 3.96. The zero-order valence-corrected chi connectivity index (χ0v) is 15.8. The van der Waals surface area contributed by atoms with Crippen LogP contribution < -0.4 is 5.73 Å². The first-order chi connectivity index (χ1) is 11.2. The second-order valence-electron chi connectivity index (χ2n) is 6.61. The molecular formula is C17H31ClF3NO3. The Kier molecular flexibility index (Phi) is 11.7. The van der Waals surface area contributed by atoms with Crippen LogP contribution in [0.3, 0.4) is 0 Å². The van der Waals surface area contributed by atoms with Crippen molar-refractivity contribution in [1.29, 1.82) is 0 Å². The summed E-state index contributed by atoms with van der Waals surface area (Å²) in [6, 6.07) is -0.636. The van der Waals surface area contributed by atoms with Crippen molar-refractivity contribution in [3.63, 3.8) is 0 Å². The number of unbranched alkanes of at least 4 members (excludes halogenated alkanes) is 1. The molecule has 0 aromatic rings. The first-order valence-electron chi connectivity index (χ1n) is 8.89. The minimum Gasteiger partial charge on any atom is -0.461 e. The van der Waals surface area contributed by atoms with Crippen molar-refractivity contribution in [2.45, 2.75) is 89.6 Å². The average Bonchev–Trinajstić information content (AvgIpc) is 2.53. The standard InChI is InChI=1S/C17H30F3NO3.ClH/c1-3-4-7-13-12(2)24-16(22)14(21)8-5-9-15(13)23-11-6-10-17(18,19)20;/h12-15H,3-11,21H2,1-2H3;1H/t12-,13-,14-,15-;/m0./s1. The summed E-state index contributed by atoms with van der Waals surface area (Å²) in [5, 5.41) is 0. The number of alkyl halides is 3. The average molecular weight is 390 g/mol. The molecule has 0 radical (unpaired) electrons. The van der Waals surface area contributed by atoms with Gasteiger partial charge < -0.3 is 15.2 Å². The summed E-state index contributed by atoms with van der Waals surface area (Å²) in [5.41, 5.74) is 5.80. The van der Waals surface area contributed by atoms with Crippen LogP contribution >= 0.6 is 12.4 Å². The predicted molar refractivity (Wildman–Crippen MR) is 92.7 cm³/mol. The topological polar surface area (TPSA) is 61.5 Å². The maximum atomic E-state index is 12.3. The van der Waals surface area contributed by atoms with Crippen LogP contribution in [-0.4, -0.2) is 37.0 Å². The first kappa shape index (κ1) is 24.5. The molecule has 8 heteroatoms. The molecule has 4 atom stereocenters. The largest absolute Gasteiger partial charge is 0.461 e. The molecule has 25 heavy (non-hydrogen) atoms. The van der Waals surface area contributed by atoms with Gasteiger partial charge >= 0.3 is 12.1 Å². The fraction of sp³-hybridized carbons (Fsp3) is 0.941. The van der Waals surface area contributed by atoms with Crippen molar-refractivity contribution in [1.82, 2.24) is 0 Å². The van der Waals surface area contributed by atoms with Gasteiger partial charge in [-0.25, -0.2) is 0 Å². The van der Waals surface area contributed by atoms with Gasteiger partial charge in [0, 0.05) is 18.9 Å². The van der Waals surface area contributed by atoms with Crippen LogP contribution in [0.15, 0.2) is 0 Å².